The van der Waals surface area contributed by atoms with Gasteiger partial charge in [-0.3, -0.25) is 0 Å². The van der Waals surface area contributed by atoms with E-state index in [1.807, 2.05) is 30.3 Å². The molecule has 5 aromatic carbocycles. The fourth-order valence-electron chi connectivity index (χ4n) is 4.46. The van der Waals surface area contributed by atoms with E-state index in [2.05, 4.69) is 115 Å². The Kier molecular flexibility index (Phi) is 5.69. The maximum atomic E-state index is 6.08. The van der Waals surface area contributed by atoms with Crippen LogP contribution in [0.25, 0.3) is 0 Å². The van der Waals surface area contributed by atoms with Crippen LogP contribution in [0.2, 0.25) is 0 Å². The van der Waals surface area contributed by atoms with Gasteiger partial charge in [-0.05, 0) is 45.0 Å². The summed E-state index contributed by atoms with van der Waals surface area (Å²) in [5.41, 5.74) is 0. The van der Waals surface area contributed by atoms with E-state index in [0.717, 1.165) is 11.5 Å². The Morgan fingerprint density at radius 3 is 1.03 bits per heavy atom. The molecular weight excluding hydrogens is 404 g/mol. The van der Waals surface area contributed by atoms with E-state index in [1.165, 1.54) is 20.7 Å². The lowest BCUT2D eigenvalue weighted by Gasteiger charge is -2.34. The number of ether oxygens (including phenoxy) is 1. The van der Waals surface area contributed by atoms with Crippen molar-refractivity contribution in [3.8, 4) is 11.5 Å². The molecule has 0 radical (unpaired) electrons. The normalized spacial score (nSPS) is 11.1. The topological polar surface area (TPSA) is 9.23 Å². The standard InChI is InChI=1S/C30H24OSi/c1-5-13-25(14-6-1)31-26-21-23-30(24-22-26)32(27-15-7-2-8-16-27,28-17-9-3-10-18-28)29-19-11-4-12-20-29/h1-24H. The largest absolute Gasteiger partial charge is 0.457 e. The van der Waals surface area contributed by atoms with Crippen molar-refractivity contribution in [1.82, 2.24) is 0 Å². The molecule has 5 aromatic rings. The van der Waals surface area contributed by atoms with E-state index in [9.17, 15) is 0 Å². The van der Waals surface area contributed by atoms with Gasteiger partial charge in [0, 0.05) is 0 Å². The summed E-state index contributed by atoms with van der Waals surface area (Å²) in [4.78, 5) is 0. The van der Waals surface area contributed by atoms with Gasteiger partial charge in [0.1, 0.15) is 11.5 Å². The minimum Gasteiger partial charge on any atom is -0.457 e. The van der Waals surface area contributed by atoms with Crippen molar-refractivity contribution in [1.29, 1.82) is 0 Å². The maximum Gasteiger partial charge on any atom is 0.179 e. The van der Waals surface area contributed by atoms with Crippen LogP contribution in [0.4, 0.5) is 0 Å². The third-order valence-electron chi connectivity index (χ3n) is 5.89. The first-order chi connectivity index (χ1) is 15.9. The summed E-state index contributed by atoms with van der Waals surface area (Å²) in [6, 6.07) is 51.5. The van der Waals surface area contributed by atoms with Gasteiger partial charge in [0.15, 0.2) is 8.07 Å². The Balaban J connectivity index is 1.70. The van der Waals surface area contributed by atoms with Gasteiger partial charge in [0.05, 0.1) is 0 Å². The second kappa shape index (κ2) is 9.09. The SMILES string of the molecule is c1ccc(Oc2ccc([Si](c3ccccc3)(c3ccccc3)c3ccccc3)cc2)cc1. The summed E-state index contributed by atoms with van der Waals surface area (Å²) in [7, 11) is -2.47. The van der Waals surface area contributed by atoms with Crippen LogP contribution in [0.3, 0.4) is 0 Å². The summed E-state index contributed by atoms with van der Waals surface area (Å²) in [5.74, 6) is 1.69. The zero-order valence-electron chi connectivity index (χ0n) is 17.8. The first kappa shape index (κ1) is 20.0. The second-order valence-corrected chi connectivity index (χ2v) is 11.6. The molecule has 0 N–H and O–H groups in total. The van der Waals surface area contributed by atoms with Crippen LogP contribution in [0.5, 0.6) is 11.5 Å². The summed E-state index contributed by atoms with van der Waals surface area (Å²) in [5, 5.41) is 5.44. The molecule has 0 heterocycles. The Morgan fingerprint density at radius 2 is 0.625 bits per heavy atom. The second-order valence-electron chi connectivity index (χ2n) is 7.79. The van der Waals surface area contributed by atoms with Crippen LogP contribution in [0, 0.1) is 0 Å². The van der Waals surface area contributed by atoms with Crippen molar-refractivity contribution in [2.45, 2.75) is 0 Å². The molecule has 2 heteroatoms. The van der Waals surface area contributed by atoms with Gasteiger partial charge in [-0.2, -0.15) is 0 Å². The molecule has 0 atom stereocenters. The molecule has 0 spiro atoms. The van der Waals surface area contributed by atoms with E-state index in [4.69, 9.17) is 4.74 Å². The number of benzene rings is 5. The average molecular weight is 429 g/mol. The van der Waals surface area contributed by atoms with E-state index in [1.54, 1.807) is 0 Å². The highest BCUT2D eigenvalue weighted by molar-refractivity contribution is 7.19. The summed E-state index contributed by atoms with van der Waals surface area (Å²) in [6.45, 7) is 0. The van der Waals surface area contributed by atoms with Gasteiger partial charge in [0.25, 0.3) is 0 Å². The predicted molar refractivity (Wildman–Crippen MR) is 137 cm³/mol. The molecule has 0 saturated heterocycles. The predicted octanol–water partition coefficient (Wildman–Crippen LogP) is 4.86. The molecule has 32 heavy (non-hydrogen) atoms. The highest BCUT2D eigenvalue weighted by Crippen LogP contribution is 2.20. The van der Waals surface area contributed by atoms with Crippen LogP contribution >= 0.6 is 0 Å². The molecule has 0 aliphatic rings. The summed E-state index contributed by atoms with van der Waals surface area (Å²) >= 11 is 0. The van der Waals surface area contributed by atoms with E-state index < -0.39 is 8.07 Å². The lowest BCUT2D eigenvalue weighted by molar-refractivity contribution is 0.483. The van der Waals surface area contributed by atoms with Crippen molar-refractivity contribution in [3.05, 3.63) is 146 Å². The Bertz CT molecular complexity index is 1160. The van der Waals surface area contributed by atoms with Crippen molar-refractivity contribution < 1.29 is 4.74 Å². The maximum absolute atomic E-state index is 6.08. The third-order valence-corrected chi connectivity index (χ3v) is 10.7. The van der Waals surface area contributed by atoms with Gasteiger partial charge in [-0.1, -0.05) is 121 Å². The van der Waals surface area contributed by atoms with Crippen LogP contribution in [-0.2, 0) is 0 Å². The molecule has 0 bridgehead atoms. The summed E-state index contributed by atoms with van der Waals surface area (Å²) < 4.78 is 6.08. The molecular formula is C30H24OSi. The first-order valence-corrected chi connectivity index (χ1v) is 12.9. The lowest BCUT2D eigenvalue weighted by atomic mass is 10.3. The Morgan fingerprint density at radius 1 is 0.312 bits per heavy atom. The van der Waals surface area contributed by atoms with Crippen molar-refractivity contribution in [2.24, 2.45) is 0 Å². The molecule has 5 rings (SSSR count). The van der Waals surface area contributed by atoms with Crippen LogP contribution < -0.4 is 25.5 Å². The minimum atomic E-state index is -2.47. The minimum absolute atomic E-state index is 0.844. The Hall–Kier alpha value is -3.88. The van der Waals surface area contributed by atoms with Crippen molar-refractivity contribution in [3.63, 3.8) is 0 Å². The van der Waals surface area contributed by atoms with Crippen LogP contribution in [0.1, 0.15) is 0 Å². The summed E-state index contributed by atoms with van der Waals surface area (Å²) in [6.07, 6.45) is 0. The van der Waals surface area contributed by atoms with Crippen molar-refractivity contribution in [2.75, 3.05) is 0 Å². The zero-order chi connectivity index (χ0) is 21.6. The van der Waals surface area contributed by atoms with Gasteiger partial charge in [0.2, 0.25) is 0 Å². The fraction of sp³-hybridized carbons (Fsp3) is 0. The highest BCUT2D eigenvalue weighted by Gasteiger charge is 2.41. The van der Waals surface area contributed by atoms with E-state index in [0.29, 0.717) is 0 Å². The molecule has 0 amide bonds. The fourth-order valence-corrected chi connectivity index (χ4v) is 9.21. The smallest absolute Gasteiger partial charge is 0.179 e. The molecule has 0 unspecified atom stereocenters. The lowest BCUT2D eigenvalue weighted by Crippen LogP contribution is -2.74. The monoisotopic (exact) mass is 428 g/mol. The van der Waals surface area contributed by atoms with Gasteiger partial charge < -0.3 is 4.74 Å². The van der Waals surface area contributed by atoms with Crippen LogP contribution in [0.15, 0.2) is 146 Å². The van der Waals surface area contributed by atoms with E-state index >= 15 is 0 Å². The third kappa shape index (κ3) is 3.77. The zero-order valence-corrected chi connectivity index (χ0v) is 18.8. The first-order valence-electron chi connectivity index (χ1n) is 10.9. The number of hydrogen-bond donors (Lipinski definition) is 0. The van der Waals surface area contributed by atoms with E-state index in [-0.39, 0.29) is 0 Å². The van der Waals surface area contributed by atoms with Gasteiger partial charge >= 0.3 is 0 Å². The number of para-hydroxylation sites is 1. The number of rotatable bonds is 6. The molecule has 0 aromatic heterocycles. The highest BCUT2D eigenvalue weighted by atomic mass is 28.3. The Labute approximate surface area is 190 Å². The number of hydrogen-bond acceptors (Lipinski definition) is 1. The van der Waals surface area contributed by atoms with Crippen molar-refractivity contribution >= 4 is 28.8 Å². The molecule has 0 aliphatic heterocycles. The van der Waals surface area contributed by atoms with Gasteiger partial charge in [-0.25, -0.2) is 0 Å². The average Bonchev–Trinajstić information content (AvgIpc) is 2.88. The molecule has 1 nitrogen and oxygen atoms in total. The quantitative estimate of drug-likeness (QED) is 0.277. The van der Waals surface area contributed by atoms with Gasteiger partial charge in [-0.15, -0.1) is 0 Å². The molecule has 0 saturated carbocycles. The molecule has 0 aliphatic carbocycles. The molecule has 154 valence electrons. The molecule has 0 fully saturated rings. The van der Waals surface area contributed by atoms with Crippen LogP contribution in [-0.4, -0.2) is 8.07 Å².